The molecule has 7 heteroatoms. The molecule has 150 valence electrons. The topological polar surface area (TPSA) is 78.4 Å². The van der Waals surface area contributed by atoms with Crippen LogP contribution in [0.15, 0.2) is 0 Å². The van der Waals surface area contributed by atoms with Crippen LogP contribution in [0.4, 0.5) is 5.82 Å². The van der Waals surface area contributed by atoms with Gasteiger partial charge in [-0.15, -0.1) is 11.3 Å². The minimum Gasteiger partial charge on any atom is -0.396 e. The van der Waals surface area contributed by atoms with E-state index < -0.39 is 0 Å². The molecule has 3 heterocycles. The van der Waals surface area contributed by atoms with Gasteiger partial charge >= 0.3 is 0 Å². The molecule has 3 aliphatic rings. The number of aryl methyl sites for hydroxylation is 2. The number of thiophene rings is 1. The zero-order chi connectivity index (χ0) is 19.1. The summed E-state index contributed by atoms with van der Waals surface area (Å²) in [6, 6.07) is 0. The fraction of sp³-hybridized carbons (Fsp3) is 0.667. The molecule has 5 rings (SSSR count). The Balaban J connectivity index is 1.43. The molecule has 2 fully saturated rings. The van der Waals surface area contributed by atoms with E-state index in [2.05, 4.69) is 5.32 Å². The third kappa shape index (κ3) is 3.62. The molecule has 6 nitrogen and oxygen atoms in total. The van der Waals surface area contributed by atoms with Gasteiger partial charge in [-0.2, -0.15) is 0 Å². The van der Waals surface area contributed by atoms with Crippen molar-refractivity contribution in [1.82, 2.24) is 14.9 Å². The van der Waals surface area contributed by atoms with Crippen molar-refractivity contribution in [2.75, 3.05) is 31.6 Å². The number of amides is 1. The van der Waals surface area contributed by atoms with Gasteiger partial charge in [0.05, 0.1) is 11.8 Å². The predicted molar refractivity (Wildman–Crippen MR) is 111 cm³/mol. The van der Waals surface area contributed by atoms with Crippen LogP contribution < -0.4 is 5.32 Å². The molecule has 1 amide bonds. The van der Waals surface area contributed by atoms with Gasteiger partial charge in [0.15, 0.2) is 0 Å². The van der Waals surface area contributed by atoms with Gasteiger partial charge < -0.3 is 15.3 Å². The highest BCUT2D eigenvalue weighted by atomic mass is 32.1. The number of likely N-dealkylation sites (tertiary alicyclic amines) is 1. The highest BCUT2D eigenvalue weighted by Gasteiger charge is 2.28. The first-order chi connectivity index (χ1) is 13.7. The summed E-state index contributed by atoms with van der Waals surface area (Å²) in [4.78, 5) is 26.7. The molecule has 1 saturated heterocycles. The first-order valence-electron chi connectivity index (χ1n) is 10.6. The molecule has 0 aromatic carbocycles. The van der Waals surface area contributed by atoms with Gasteiger partial charge in [-0.25, -0.2) is 9.97 Å². The molecule has 2 aromatic rings. The molecule has 28 heavy (non-hydrogen) atoms. The predicted octanol–water partition coefficient (Wildman–Crippen LogP) is 2.78. The fourth-order valence-corrected chi connectivity index (χ4v) is 5.71. The monoisotopic (exact) mass is 400 g/mol. The zero-order valence-electron chi connectivity index (χ0n) is 16.2. The summed E-state index contributed by atoms with van der Waals surface area (Å²) in [5.74, 6) is 2.62. The van der Waals surface area contributed by atoms with E-state index in [-0.39, 0.29) is 24.9 Å². The van der Waals surface area contributed by atoms with Crippen LogP contribution in [0.3, 0.4) is 0 Å². The summed E-state index contributed by atoms with van der Waals surface area (Å²) < 4.78 is 0. The van der Waals surface area contributed by atoms with E-state index in [0.717, 1.165) is 48.9 Å². The highest BCUT2D eigenvalue weighted by Crippen LogP contribution is 2.39. The van der Waals surface area contributed by atoms with Crippen molar-refractivity contribution in [1.29, 1.82) is 0 Å². The quantitative estimate of drug-likeness (QED) is 0.780. The lowest BCUT2D eigenvalue weighted by atomic mass is 9.97. The number of rotatable bonds is 6. The maximum Gasteiger partial charge on any atom is 0.230 e. The number of hydrogen-bond acceptors (Lipinski definition) is 6. The van der Waals surface area contributed by atoms with E-state index >= 15 is 0 Å². The Bertz CT molecular complexity index is 892. The summed E-state index contributed by atoms with van der Waals surface area (Å²) in [6.07, 6.45) is 8.48. The Morgan fingerprint density at radius 1 is 1.18 bits per heavy atom. The van der Waals surface area contributed by atoms with Gasteiger partial charge in [-0.1, -0.05) is 0 Å². The number of fused-ring (bicyclic) bond motifs is 3. The van der Waals surface area contributed by atoms with Gasteiger partial charge in [-0.3, -0.25) is 4.79 Å². The molecule has 2 N–H and O–H groups in total. The van der Waals surface area contributed by atoms with Crippen LogP contribution in [0.2, 0.25) is 0 Å². The summed E-state index contributed by atoms with van der Waals surface area (Å²) in [6.45, 7) is 2.50. The van der Waals surface area contributed by atoms with E-state index in [1.165, 1.54) is 41.5 Å². The number of aliphatic hydroxyl groups is 1. The van der Waals surface area contributed by atoms with Crippen LogP contribution in [-0.2, 0) is 24.1 Å². The van der Waals surface area contributed by atoms with Gasteiger partial charge in [0.2, 0.25) is 5.91 Å². The molecular weight excluding hydrogens is 372 g/mol. The third-order valence-corrected chi connectivity index (χ3v) is 7.51. The first-order valence-corrected chi connectivity index (χ1v) is 11.5. The molecule has 1 aliphatic heterocycles. The smallest absolute Gasteiger partial charge is 0.230 e. The van der Waals surface area contributed by atoms with Gasteiger partial charge in [0.1, 0.15) is 16.5 Å². The van der Waals surface area contributed by atoms with Crippen LogP contribution in [0.5, 0.6) is 0 Å². The zero-order valence-corrected chi connectivity index (χ0v) is 17.1. The Hall–Kier alpha value is -1.73. The molecule has 2 aliphatic carbocycles. The molecule has 0 bridgehead atoms. The lowest BCUT2D eigenvalue weighted by molar-refractivity contribution is -0.129. The van der Waals surface area contributed by atoms with Gasteiger partial charge in [0.25, 0.3) is 0 Å². The molecule has 1 unspecified atom stereocenters. The first kappa shape index (κ1) is 18.3. The third-order valence-electron chi connectivity index (χ3n) is 6.32. The maximum atomic E-state index is 12.7. The van der Waals surface area contributed by atoms with Crippen molar-refractivity contribution in [3.8, 4) is 0 Å². The lowest BCUT2D eigenvalue weighted by Gasteiger charge is -2.16. The second-order valence-electron chi connectivity index (χ2n) is 8.56. The normalized spacial score (nSPS) is 21.9. The van der Waals surface area contributed by atoms with E-state index in [0.29, 0.717) is 12.4 Å². The van der Waals surface area contributed by atoms with Crippen molar-refractivity contribution < 1.29 is 9.90 Å². The Morgan fingerprint density at radius 2 is 2.04 bits per heavy atom. The fourth-order valence-electron chi connectivity index (χ4n) is 4.43. The van der Waals surface area contributed by atoms with Crippen LogP contribution in [-0.4, -0.2) is 52.1 Å². The Labute approximate surface area is 169 Å². The van der Waals surface area contributed by atoms with E-state index in [4.69, 9.17) is 9.97 Å². The van der Waals surface area contributed by atoms with Crippen molar-refractivity contribution in [3.05, 3.63) is 16.3 Å². The van der Waals surface area contributed by atoms with E-state index in [9.17, 15) is 9.90 Å². The minimum atomic E-state index is 0.0739. The molecule has 1 saturated carbocycles. The van der Waals surface area contributed by atoms with Gasteiger partial charge in [-0.05, 0) is 56.4 Å². The van der Waals surface area contributed by atoms with Crippen molar-refractivity contribution in [3.63, 3.8) is 0 Å². The SMILES string of the molecule is O=C(Cc1nc(NCC2CC2)c2c3c(sc2n1)CCCC3)N1CCC(CO)C1. The van der Waals surface area contributed by atoms with E-state index in [1.807, 2.05) is 4.90 Å². The summed E-state index contributed by atoms with van der Waals surface area (Å²) in [7, 11) is 0. The molecular formula is C21H28N4O2S. The van der Waals surface area contributed by atoms with Crippen molar-refractivity contribution in [2.45, 2.75) is 51.4 Å². The number of nitrogens with one attached hydrogen (secondary N) is 1. The highest BCUT2D eigenvalue weighted by molar-refractivity contribution is 7.19. The van der Waals surface area contributed by atoms with Crippen LogP contribution in [0.25, 0.3) is 10.2 Å². The second kappa shape index (κ2) is 7.59. The molecule has 2 aromatic heterocycles. The molecule has 1 atom stereocenters. The number of aromatic nitrogens is 2. The Kier molecular flexibility index (Phi) is 4.97. The van der Waals surface area contributed by atoms with Crippen molar-refractivity contribution in [2.24, 2.45) is 11.8 Å². The number of carbonyl (C=O) groups is 1. The largest absolute Gasteiger partial charge is 0.396 e. The summed E-state index contributed by atoms with van der Waals surface area (Å²) in [5, 5.41) is 14.1. The van der Waals surface area contributed by atoms with E-state index in [1.54, 1.807) is 11.3 Å². The summed E-state index contributed by atoms with van der Waals surface area (Å²) >= 11 is 1.79. The number of hydrogen-bond donors (Lipinski definition) is 2. The number of aliphatic hydroxyl groups excluding tert-OH is 1. The summed E-state index contributed by atoms with van der Waals surface area (Å²) in [5.41, 5.74) is 1.44. The van der Waals surface area contributed by atoms with Crippen LogP contribution >= 0.6 is 11.3 Å². The second-order valence-corrected chi connectivity index (χ2v) is 9.64. The minimum absolute atomic E-state index is 0.0739. The Morgan fingerprint density at radius 3 is 2.82 bits per heavy atom. The van der Waals surface area contributed by atoms with Crippen LogP contribution in [0.1, 0.15) is 48.4 Å². The average molecular weight is 401 g/mol. The maximum absolute atomic E-state index is 12.7. The average Bonchev–Trinajstić information content (AvgIpc) is 3.26. The van der Waals surface area contributed by atoms with Crippen LogP contribution in [0, 0.1) is 11.8 Å². The number of carbonyl (C=O) groups excluding carboxylic acids is 1. The standard InChI is InChI=1S/C21H28N4O2S/c26-12-14-7-8-25(11-14)18(27)9-17-23-20(22-10-13-5-6-13)19-15-3-1-2-4-16(15)28-21(19)24-17/h13-14,26H,1-12H2,(H,22,23,24). The number of nitrogens with zero attached hydrogens (tertiary/aromatic N) is 3. The number of anilines is 1. The molecule has 0 spiro atoms. The van der Waals surface area contributed by atoms with Crippen molar-refractivity contribution >= 4 is 33.3 Å². The van der Waals surface area contributed by atoms with Gasteiger partial charge in [0, 0.05) is 37.0 Å². The molecule has 0 radical (unpaired) electrons. The lowest BCUT2D eigenvalue weighted by Crippen LogP contribution is -2.31.